The molecule has 0 aliphatic heterocycles. The molecular formula is C13H14ClN3O. The zero-order chi connectivity index (χ0) is 13.0. The van der Waals surface area contributed by atoms with Crippen molar-refractivity contribution in [2.24, 2.45) is 0 Å². The molecule has 0 saturated carbocycles. The zero-order valence-electron chi connectivity index (χ0n) is 10.3. The van der Waals surface area contributed by atoms with Crippen LogP contribution in [0.1, 0.15) is 12.7 Å². The van der Waals surface area contributed by atoms with E-state index in [4.69, 9.17) is 16.3 Å². The van der Waals surface area contributed by atoms with Gasteiger partial charge in [0.05, 0.1) is 0 Å². The van der Waals surface area contributed by atoms with Crippen LogP contribution >= 0.6 is 11.6 Å². The Kier molecular flexibility index (Phi) is 3.99. The van der Waals surface area contributed by atoms with Crippen LogP contribution in [0, 0.1) is 0 Å². The fourth-order valence-electron chi connectivity index (χ4n) is 1.46. The van der Waals surface area contributed by atoms with Crippen molar-refractivity contribution in [2.75, 3.05) is 12.4 Å². The van der Waals surface area contributed by atoms with E-state index in [1.807, 2.05) is 26.1 Å². The van der Waals surface area contributed by atoms with Crippen molar-refractivity contribution in [2.45, 2.75) is 13.3 Å². The quantitative estimate of drug-likeness (QED) is 0.917. The highest BCUT2D eigenvalue weighted by atomic mass is 35.5. The number of anilines is 1. The predicted molar refractivity (Wildman–Crippen MR) is 72.5 cm³/mol. The van der Waals surface area contributed by atoms with E-state index in [1.54, 1.807) is 18.2 Å². The summed E-state index contributed by atoms with van der Waals surface area (Å²) in [4.78, 5) is 8.61. The number of aromatic nitrogens is 2. The molecule has 94 valence electrons. The highest BCUT2D eigenvalue weighted by Gasteiger charge is 2.05. The first-order valence-corrected chi connectivity index (χ1v) is 6.08. The Morgan fingerprint density at radius 3 is 2.78 bits per heavy atom. The SMILES string of the molecule is CCc1nc(NC)cc(Oc2cccc(Cl)c2)n1. The number of hydrogen-bond donors (Lipinski definition) is 1. The van der Waals surface area contributed by atoms with Crippen molar-refractivity contribution >= 4 is 17.4 Å². The molecule has 0 saturated heterocycles. The normalized spacial score (nSPS) is 10.2. The van der Waals surface area contributed by atoms with Crippen molar-refractivity contribution in [3.05, 3.63) is 41.2 Å². The molecule has 0 aliphatic carbocycles. The minimum atomic E-state index is 0.508. The first-order chi connectivity index (χ1) is 8.71. The molecule has 1 heterocycles. The topological polar surface area (TPSA) is 47.0 Å². The van der Waals surface area contributed by atoms with Gasteiger partial charge in [0.25, 0.3) is 0 Å². The Hall–Kier alpha value is -1.81. The third-order valence-electron chi connectivity index (χ3n) is 2.34. The summed E-state index contributed by atoms with van der Waals surface area (Å²) in [5, 5.41) is 3.61. The Morgan fingerprint density at radius 2 is 2.11 bits per heavy atom. The molecule has 18 heavy (non-hydrogen) atoms. The molecular weight excluding hydrogens is 250 g/mol. The monoisotopic (exact) mass is 263 g/mol. The molecule has 5 heteroatoms. The molecule has 2 aromatic rings. The van der Waals surface area contributed by atoms with Crippen LogP contribution in [0.4, 0.5) is 5.82 Å². The summed E-state index contributed by atoms with van der Waals surface area (Å²) in [6.45, 7) is 2.00. The molecule has 0 amide bonds. The summed E-state index contributed by atoms with van der Waals surface area (Å²) in [5.74, 6) is 2.64. The van der Waals surface area contributed by atoms with Crippen molar-refractivity contribution in [3.63, 3.8) is 0 Å². The van der Waals surface area contributed by atoms with Gasteiger partial charge >= 0.3 is 0 Å². The highest BCUT2D eigenvalue weighted by Crippen LogP contribution is 2.24. The van der Waals surface area contributed by atoms with Crippen LogP contribution < -0.4 is 10.1 Å². The fourth-order valence-corrected chi connectivity index (χ4v) is 1.64. The van der Waals surface area contributed by atoms with Gasteiger partial charge in [-0.15, -0.1) is 0 Å². The number of nitrogens with zero attached hydrogens (tertiary/aromatic N) is 2. The molecule has 0 radical (unpaired) electrons. The summed E-state index contributed by atoms with van der Waals surface area (Å²) in [6, 6.07) is 8.95. The van der Waals surface area contributed by atoms with Gasteiger partial charge < -0.3 is 10.1 Å². The maximum atomic E-state index is 5.90. The zero-order valence-corrected chi connectivity index (χ0v) is 11.0. The van der Waals surface area contributed by atoms with Crippen LogP contribution in [0.15, 0.2) is 30.3 Å². The number of rotatable bonds is 4. The average molecular weight is 264 g/mol. The van der Waals surface area contributed by atoms with Crippen LogP contribution in [-0.4, -0.2) is 17.0 Å². The summed E-state index contributed by atoms with van der Waals surface area (Å²) in [6.07, 6.45) is 0.751. The average Bonchev–Trinajstić information content (AvgIpc) is 2.38. The number of ether oxygens (including phenoxy) is 1. The van der Waals surface area contributed by atoms with Crippen molar-refractivity contribution in [1.29, 1.82) is 0 Å². The van der Waals surface area contributed by atoms with E-state index >= 15 is 0 Å². The lowest BCUT2D eigenvalue weighted by molar-refractivity contribution is 0.459. The minimum absolute atomic E-state index is 0.508. The molecule has 0 fully saturated rings. The van der Waals surface area contributed by atoms with E-state index in [1.165, 1.54) is 0 Å². The Morgan fingerprint density at radius 1 is 1.28 bits per heavy atom. The van der Waals surface area contributed by atoms with E-state index in [2.05, 4.69) is 15.3 Å². The molecule has 0 atom stereocenters. The van der Waals surface area contributed by atoms with Gasteiger partial charge in [0, 0.05) is 24.6 Å². The molecule has 1 aromatic carbocycles. The summed E-state index contributed by atoms with van der Waals surface area (Å²) >= 11 is 5.90. The molecule has 0 spiro atoms. The second-order valence-corrected chi connectivity index (χ2v) is 4.11. The molecule has 0 unspecified atom stereocenters. The number of hydrogen-bond acceptors (Lipinski definition) is 4. The summed E-state index contributed by atoms with van der Waals surface area (Å²) in [7, 11) is 1.81. The van der Waals surface area contributed by atoms with Gasteiger partial charge in [0.15, 0.2) is 0 Å². The van der Waals surface area contributed by atoms with Crippen molar-refractivity contribution in [3.8, 4) is 11.6 Å². The van der Waals surface area contributed by atoms with E-state index in [0.717, 1.165) is 18.1 Å². The lowest BCUT2D eigenvalue weighted by Crippen LogP contribution is -2.00. The van der Waals surface area contributed by atoms with Gasteiger partial charge in [-0.1, -0.05) is 24.6 Å². The van der Waals surface area contributed by atoms with Crippen LogP contribution in [0.3, 0.4) is 0 Å². The number of benzene rings is 1. The lowest BCUT2D eigenvalue weighted by Gasteiger charge is -2.08. The van der Waals surface area contributed by atoms with Crippen molar-refractivity contribution in [1.82, 2.24) is 9.97 Å². The maximum absolute atomic E-state index is 5.90. The standard InChI is InChI=1S/C13H14ClN3O/c1-3-11-16-12(15-2)8-13(17-11)18-10-6-4-5-9(14)7-10/h4-8H,3H2,1-2H3,(H,15,16,17). The molecule has 0 bridgehead atoms. The number of nitrogens with one attached hydrogen (secondary N) is 1. The Balaban J connectivity index is 2.28. The molecule has 2 rings (SSSR count). The second-order valence-electron chi connectivity index (χ2n) is 3.67. The van der Waals surface area contributed by atoms with Gasteiger partial charge in [0.2, 0.25) is 5.88 Å². The van der Waals surface area contributed by atoms with Gasteiger partial charge in [-0.2, -0.15) is 4.98 Å². The Bertz CT molecular complexity index is 523. The third-order valence-corrected chi connectivity index (χ3v) is 2.57. The van der Waals surface area contributed by atoms with Gasteiger partial charge in [0.1, 0.15) is 17.4 Å². The largest absolute Gasteiger partial charge is 0.439 e. The van der Waals surface area contributed by atoms with Gasteiger partial charge in [-0.05, 0) is 18.2 Å². The van der Waals surface area contributed by atoms with E-state index in [-0.39, 0.29) is 0 Å². The van der Waals surface area contributed by atoms with Crippen LogP contribution in [-0.2, 0) is 6.42 Å². The van der Waals surface area contributed by atoms with E-state index in [0.29, 0.717) is 16.7 Å². The maximum Gasteiger partial charge on any atom is 0.224 e. The number of aryl methyl sites for hydroxylation is 1. The van der Waals surface area contributed by atoms with Gasteiger partial charge in [-0.25, -0.2) is 4.98 Å². The molecule has 4 nitrogen and oxygen atoms in total. The van der Waals surface area contributed by atoms with E-state index in [9.17, 15) is 0 Å². The first-order valence-electron chi connectivity index (χ1n) is 5.70. The molecule has 0 aliphatic rings. The first kappa shape index (κ1) is 12.6. The van der Waals surface area contributed by atoms with Crippen LogP contribution in [0.2, 0.25) is 5.02 Å². The van der Waals surface area contributed by atoms with Crippen LogP contribution in [0.25, 0.3) is 0 Å². The molecule has 1 N–H and O–H groups in total. The number of halogens is 1. The smallest absolute Gasteiger partial charge is 0.224 e. The summed E-state index contributed by atoms with van der Waals surface area (Å²) in [5.41, 5.74) is 0. The van der Waals surface area contributed by atoms with Crippen LogP contribution in [0.5, 0.6) is 11.6 Å². The van der Waals surface area contributed by atoms with E-state index < -0.39 is 0 Å². The Labute approximate surface area is 111 Å². The van der Waals surface area contributed by atoms with Gasteiger partial charge in [-0.3, -0.25) is 0 Å². The predicted octanol–water partition coefficient (Wildman–Crippen LogP) is 3.53. The fraction of sp³-hybridized carbons (Fsp3) is 0.231. The van der Waals surface area contributed by atoms with Crippen molar-refractivity contribution < 1.29 is 4.74 Å². The highest BCUT2D eigenvalue weighted by molar-refractivity contribution is 6.30. The minimum Gasteiger partial charge on any atom is -0.439 e. The molecule has 1 aromatic heterocycles. The third kappa shape index (κ3) is 3.11. The lowest BCUT2D eigenvalue weighted by atomic mass is 10.3. The summed E-state index contributed by atoms with van der Waals surface area (Å²) < 4.78 is 5.67. The second kappa shape index (κ2) is 5.69.